The summed E-state index contributed by atoms with van der Waals surface area (Å²) in [5.74, 6) is 0.945. The van der Waals surface area contributed by atoms with E-state index in [0.717, 1.165) is 17.0 Å². The number of nitrogens with zero attached hydrogens (tertiary/aromatic N) is 2. The number of aromatic nitrogens is 2. The second-order valence-electron chi connectivity index (χ2n) is 3.57. The molecular weight excluding hydrogens is 284 g/mol. The van der Waals surface area contributed by atoms with Gasteiger partial charge in [-0.15, -0.1) is 0 Å². The molecule has 2 rings (SSSR count). The second kappa shape index (κ2) is 5.23. The van der Waals surface area contributed by atoms with Crippen molar-refractivity contribution >= 4 is 15.9 Å². The van der Waals surface area contributed by atoms with Crippen molar-refractivity contribution in [3.8, 4) is 11.5 Å². The van der Waals surface area contributed by atoms with Gasteiger partial charge < -0.3 is 14.4 Å². The van der Waals surface area contributed by atoms with Crippen molar-refractivity contribution < 1.29 is 9.84 Å². The van der Waals surface area contributed by atoms with Gasteiger partial charge in [-0.2, -0.15) is 0 Å². The highest BCUT2D eigenvalue weighted by molar-refractivity contribution is 9.10. The van der Waals surface area contributed by atoms with E-state index in [2.05, 4.69) is 27.8 Å². The van der Waals surface area contributed by atoms with Gasteiger partial charge in [-0.25, -0.2) is 4.98 Å². The van der Waals surface area contributed by atoms with Crippen LogP contribution in [0.3, 0.4) is 0 Å². The fourth-order valence-electron chi connectivity index (χ4n) is 1.44. The van der Waals surface area contributed by atoms with Gasteiger partial charge in [0.05, 0.1) is 5.69 Å². The van der Waals surface area contributed by atoms with Crippen LogP contribution in [0.4, 0.5) is 0 Å². The molecule has 1 aromatic heterocycles. The summed E-state index contributed by atoms with van der Waals surface area (Å²) in [5, 5.41) is 9.14. The molecule has 4 nitrogen and oxygen atoms in total. The van der Waals surface area contributed by atoms with Crippen LogP contribution in [-0.2, 0) is 13.2 Å². The van der Waals surface area contributed by atoms with Crippen LogP contribution >= 0.6 is 15.9 Å². The lowest BCUT2D eigenvalue weighted by molar-refractivity contribution is 0.301. The number of aromatic hydroxyl groups is 1. The van der Waals surface area contributed by atoms with E-state index in [1.54, 1.807) is 24.3 Å². The largest absolute Gasteiger partial charge is 0.508 e. The molecule has 1 heterocycles. The topological polar surface area (TPSA) is 47.3 Å². The van der Waals surface area contributed by atoms with Gasteiger partial charge in [-0.3, -0.25) is 0 Å². The fraction of sp³-hybridized carbons (Fsp3) is 0.250. The molecular formula is C12H13BrN2O2. The average Bonchev–Trinajstić information content (AvgIpc) is 2.69. The lowest BCUT2D eigenvalue weighted by Crippen LogP contribution is -1.95. The first-order valence-corrected chi connectivity index (χ1v) is 6.11. The zero-order valence-corrected chi connectivity index (χ0v) is 11.0. The van der Waals surface area contributed by atoms with Gasteiger partial charge in [0.15, 0.2) is 4.73 Å². The fourth-order valence-corrected chi connectivity index (χ4v) is 2.02. The van der Waals surface area contributed by atoms with E-state index in [9.17, 15) is 0 Å². The average molecular weight is 297 g/mol. The van der Waals surface area contributed by atoms with E-state index in [4.69, 9.17) is 9.84 Å². The SMILES string of the molecule is CCn1cc(COc2ccc(O)cc2)nc1Br. The van der Waals surface area contributed by atoms with Crippen molar-refractivity contribution in [2.24, 2.45) is 0 Å². The molecule has 0 unspecified atom stereocenters. The van der Waals surface area contributed by atoms with Gasteiger partial charge in [-0.1, -0.05) is 0 Å². The Hall–Kier alpha value is -1.49. The van der Waals surface area contributed by atoms with Crippen molar-refractivity contribution in [2.75, 3.05) is 0 Å². The summed E-state index contributed by atoms with van der Waals surface area (Å²) in [6.45, 7) is 3.33. The number of phenolic OH excluding ortho intramolecular Hbond substituents is 1. The molecule has 0 saturated heterocycles. The lowest BCUT2D eigenvalue weighted by Gasteiger charge is -2.03. The minimum atomic E-state index is 0.232. The highest BCUT2D eigenvalue weighted by Gasteiger charge is 2.04. The molecule has 0 aliphatic carbocycles. The predicted octanol–water partition coefficient (Wildman–Crippen LogP) is 2.95. The first kappa shape index (κ1) is 12.0. The molecule has 0 amide bonds. The standard InChI is InChI=1S/C12H13BrN2O2/c1-2-15-7-9(14-12(15)13)8-17-11-5-3-10(16)4-6-11/h3-7,16H,2,8H2,1H3. The van der Waals surface area contributed by atoms with E-state index in [1.807, 2.05) is 10.8 Å². The number of ether oxygens (including phenoxy) is 1. The molecule has 17 heavy (non-hydrogen) atoms. The number of halogens is 1. The molecule has 0 aliphatic heterocycles. The highest BCUT2D eigenvalue weighted by Crippen LogP contribution is 2.18. The van der Waals surface area contributed by atoms with Crippen molar-refractivity contribution in [3.63, 3.8) is 0 Å². The zero-order valence-electron chi connectivity index (χ0n) is 9.43. The quantitative estimate of drug-likeness (QED) is 0.944. The number of rotatable bonds is 4. The van der Waals surface area contributed by atoms with Gasteiger partial charge in [0.25, 0.3) is 0 Å². The number of phenols is 1. The number of hydrogen-bond acceptors (Lipinski definition) is 3. The minimum Gasteiger partial charge on any atom is -0.508 e. The molecule has 2 aromatic rings. The van der Waals surface area contributed by atoms with Gasteiger partial charge in [-0.05, 0) is 47.1 Å². The Morgan fingerprint density at radius 3 is 2.65 bits per heavy atom. The van der Waals surface area contributed by atoms with Gasteiger partial charge in [0, 0.05) is 12.7 Å². The zero-order chi connectivity index (χ0) is 12.3. The molecule has 0 bridgehead atoms. The summed E-state index contributed by atoms with van der Waals surface area (Å²) in [7, 11) is 0. The summed E-state index contributed by atoms with van der Waals surface area (Å²) in [4.78, 5) is 4.32. The smallest absolute Gasteiger partial charge is 0.177 e. The first-order chi connectivity index (χ1) is 8.19. The van der Waals surface area contributed by atoms with Crippen LogP contribution in [0.2, 0.25) is 0 Å². The predicted molar refractivity (Wildman–Crippen MR) is 68.0 cm³/mol. The number of imidazole rings is 1. The van der Waals surface area contributed by atoms with Crippen LogP contribution in [0.25, 0.3) is 0 Å². The summed E-state index contributed by atoms with van der Waals surface area (Å²) >= 11 is 3.38. The number of hydrogen-bond donors (Lipinski definition) is 1. The summed E-state index contributed by atoms with van der Waals surface area (Å²) in [5.41, 5.74) is 0.867. The number of benzene rings is 1. The third-order valence-electron chi connectivity index (χ3n) is 2.34. The number of aryl methyl sites for hydroxylation is 1. The van der Waals surface area contributed by atoms with Gasteiger partial charge >= 0.3 is 0 Å². The third-order valence-corrected chi connectivity index (χ3v) is 2.97. The molecule has 1 aromatic carbocycles. The molecule has 0 aliphatic rings. The maximum Gasteiger partial charge on any atom is 0.177 e. The van der Waals surface area contributed by atoms with Crippen LogP contribution in [0, 0.1) is 0 Å². The van der Waals surface area contributed by atoms with Crippen LogP contribution < -0.4 is 4.74 Å². The Kier molecular flexibility index (Phi) is 3.68. The molecule has 0 atom stereocenters. The van der Waals surface area contributed by atoms with Crippen molar-refractivity contribution in [1.29, 1.82) is 0 Å². The van der Waals surface area contributed by atoms with Crippen molar-refractivity contribution in [1.82, 2.24) is 9.55 Å². The Morgan fingerprint density at radius 2 is 2.06 bits per heavy atom. The normalized spacial score (nSPS) is 10.5. The first-order valence-electron chi connectivity index (χ1n) is 5.32. The van der Waals surface area contributed by atoms with Gasteiger partial charge in [0.1, 0.15) is 18.1 Å². The van der Waals surface area contributed by atoms with E-state index < -0.39 is 0 Å². The summed E-state index contributed by atoms with van der Waals surface area (Å²) < 4.78 is 8.36. The van der Waals surface area contributed by atoms with Crippen molar-refractivity contribution in [2.45, 2.75) is 20.1 Å². The molecule has 0 spiro atoms. The third kappa shape index (κ3) is 3.00. The molecule has 90 valence electrons. The summed E-state index contributed by atoms with van der Waals surface area (Å²) in [6.07, 6.45) is 1.95. The maximum atomic E-state index is 9.14. The van der Waals surface area contributed by atoms with Crippen LogP contribution in [0.5, 0.6) is 11.5 Å². The van der Waals surface area contributed by atoms with E-state index in [0.29, 0.717) is 12.4 Å². The van der Waals surface area contributed by atoms with E-state index in [-0.39, 0.29) is 5.75 Å². The lowest BCUT2D eigenvalue weighted by atomic mass is 10.3. The molecule has 1 N–H and O–H groups in total. The molecule has 5 heteroatoms. The van der Waals surface area contributed by atoms with Crippen LogP contribution in [-0.4, -0.2) is 14.7 Å². The Labute approximate surface area is 108 Å². The molecule has 0 saturated carbocycles. The van der Waals surface area contributed by atoms with Gasteiger partial charge in [0.2, 0.25) is 0 Å². The second-order valence-corrected chi connectivity index (χ2v) is 4.28. The van der Waals surface area contributed by atoms with Crippen molar-refractivity contribution in [3.05, 3.63) is 40.9 Å². The maximum absolute atomic E-state index is 9.14. The molecule has 0 fully saturated rings. The minimum absolute atomic E-state index is 0.232. The monoisotopic (exact) mass is 296 g/mol. The van der Waals surface area contributed by atoms with Crippen LogP contribution in [0.1, 0.15) is 12.6 Å². The van der Waals surface area contributed by atoms with Crippen LogP contribution in [0.15, 0.2) is 35.2 Å². The van der Waals surface area contributed by atoms with E-state index >= 15 is 0 Å². The van der Waals surface area contributed by atoms with E-state index in [1.165, 1.54) is 0 Å². The Balaban J connectivity index is 1.99. The summed E-state index contributed by atoms with van der Waals surface area (Å²) in [6, 6.07) is 6.63. The Morgan fingerprint density at radius 1 is 1.35 bits per heavy atom. The molecule has 0 radical (unpaired) electrons. The highest BCUT2D eigenvalue weighted by atomic mass is 79.9. The Bertz CT molecular complexity index is 494.